The molecule has 0 amide bonds. The third kappa shape index (κ3) is 5.33. The van der Waals surface area contributed by atoms with Gasteiger partial charge in [-0.25, -0.2) is 9.59 Å². The van der Waals surface area contributed by atoms with E-state index in [1.54, 1.807) is 12.2 Å². The fourth-order valence-electron chi connectivity index (χ4n) is 7.99. The minimum Gasteiger partial charge on any atom is -0.434 e. The van der Waals surface area contributed by atoms with Crippen LogP contribution in [0.3, 0.4) is 0 Å². The van der Waals surface area contributed by atoms with Crippen molar-refractivity contribution in [1.29, 1.82) is 0 Å². The number of rotatable bonds is 9. The number of fused-ring (bicyclic) bond motifs is 5. The lowest BCUT2D eigenvalue weighted by Crippen LogP contribution is -2.63. The summed E-state index contributed by atoms with van der Waals surface area (Å²) in [6, 6.07) is 0. The average Bonchev–Trinajstić information content (AvgIpc) is 3.18. The summed E-state index contributed by atoms with van der Waals surface area (Å²) in [7, 11) is 0. The molecule has 0 radical (unpaired) electrons. The molecule has 1 N–H and O–H groups in total. The number of Topliss-reactive ketones (excluding diaryl/α,β-unsaturated/α-hetero) is 1. The van der Waals surface area contributed by atoms with Gasteiger partial charge in [-0.15, -0.1) is 0 Å². The molecule has 3 saturated carbocycles. The Hall–Kier alpha value is -2.68. The highest BCUT2D eigenvalue weighted by Crippen LogP contribution is 2.68. The number of allylic oxidation sites excluding steroid dienone is 4. The number of aliphatic hydroxyl groups excluding tert-OH is 1. The van der Waals surface area contributed by atoms with Crippen molar-refractivity contribution in [3.05, 3.63) is 23.8 Å². The van der Waals surface area contributed by atoms with Crippen molar-refractivity contribution in [2.45, 2.75) is 91.3 Å². The van der Waals surface area contributed by atoms with E-state index in [4.69, 9.17) is 18.9 Å². The number of ketones is 2. The van der Waals surface area contributed by atoms with Crippen LogP contribution in [-0.2, 0) is 28.5 Å². The third-order valence-corrected chi connectivity index (χ3v) is 9.90. The first kappa shape index (κ1) is 30.3. The van der Waals surface area contributed by atoms with Crippen LogP contribution in [0.4, 0.5) is 9.59 Å². The molecule has 9 heteroatoms. The van der Waals surface area contributed by atoms with E-state index < -0.39 is 47.2 Å². The Morgan fingerprint density at radius 1 is 1.10 bits per heavy atom. The van der Waals surface area contributed by atoms with E-state index in [2.05, 4.69) is 6.92 Å². The summed E-state index contributed by atoms with van der Waals surface area (Å²) in [5.41, 5.74) is -1.97. The number of hydrogen-bond donors (Lipinski definition) is 1. The normalized spacial score (nSPS) is 36.2. The minimum atomic E-state index is -1.63. The average molecular weight is 561 g/mol. The van der Waals surface area contributed by atoms with Crippen molar-refractivity contribution < 1.29 is 43.2 Å². The van der Waals surface area contributed by atoms with Crippen LogP contribution in [0.2, 0.25) is 0 Å². The number of aliphatic hydroxyl groups is 1. The van der Waals surface area contributed by atoms with Gasteiger partial charge in [-0.05, 0) is 68.4 Å². The predicted molar refractivity (Wildman–Crippen MR) is 145 cm³/mol. The van der Waals surface area contributed by atoms with E-state index >= 15 is 0 Å². The van der Waals surface area contributed by atoms with E-state index in [1.807, 2.05) is 33.8 Å². The molecule has 0 aromatic carbocycles. The van der Waals surface area contributed by atoms with Crippen molar-refractivity contribution in [2.75, 3.05) is 19.8 Å². The van der Waals surface area contributed by atoms with E-state index in [1.165, 1.54) is 0 Å². The Balaban J connectivity index is 1.62. The van der Waals surface area contributed by atoms with E-state index in [-0.39, 0.29) is 55.5 Å². The molecule has 40 heavy (non-hydrogen) atoms. The molecule has 4 aliphatic rings. The van der Waals surface area contributed by atoms with Crippen molar-refractivity contribution >= 4 is 23.9 Å². The van der Waals surface area contributed by atoms with Gasteiger partial charge in [0.15, 0.2) is 18.0 Å². The number of carbonyl (C=O) groups excluding carboxylic acids is 4. The Bertz CT molecular complexity index is 1080. The summed E-state index contributed by atoms with van der Waals surface area (Å²) < 4.78 is 21.5. The van der Waals surface area contributed by atoms with Gasteiger partial charge in [0.05, 0.1) is 19.3 Å². The first-order valence-electron chi connectivity index (χ1n) is 14.7. The maximum Gasteiger partial charge on any atom is 0.509 e. The quantitative estimate of drug-likeness (QED) is 0.294. The van der Waals surface area contributed by atoms with Gasteiger partial charge in [-0.3, -0.25) is 9.59 Å². The second kappa shape index (κ2) is 11.7. The summed E-state index contributed by atoms with van der Waals surface area (Å²) in [6.07, 6.45) is 6.57. The number of carbonyl (C=O) groups is 4. The van der Waals surface area contributed by atoms with Crippen LogP contribution >= 0.6 is 0 Å². The summed E-state index contributed by atoms with van der Waals surface area (Å²) >= 11 is 0. The van der Waals surface area contributed by atoms with E-state index in [9.17, 15) is 24.3 Å². The third-order valence-electron chi connectivity index (χ3n) is 9.90. The lowest BCUT2D eigenvalue weighted by Gasteiger charge is -2.59. The molecule has 4 rings (SSSR count). The standard InChI is InChI=1S/C31H44O9/c1-6-7-14-37-27(35)39-18-25(34)31(40-28(36)38-17-19(2)3)13-11-23-22-9-8-20-15-21(32)10-12-29(20,4)26(22)24(33)16-30(23,31)5/h10,12,15,19,22-24,26,33H,6-9,11,13-14,16-18H2,1-5H3/t22-,23-,24?,26+,29-,30-,31-/m0/s1. The Labute approximate surface area is 236 Å². The molecule has 0 bridgehead atoms. The SMILES string of the molecule is CCCCOC(=O)OCC(=O)[C@@]1(OC(=O)OCC(C)C)CC[C@H]2[C@@H]3CCC4=CC(=O)C=C[C@]4(C)[C@H]3C(O)C[C@@]21C. The van der Waals surface area contributed by atoms with Crippen molar-refractivity contribution in [3.8, 4) is 0 Å². The van der Waals surface area contributed by atoms with Gasteiger partial charge in [0.1, 0.15) is 0 Å². The van der Waals surface area contributed by atoms with Crippen LogP contribution in [0.1, 0.15) is 79.6 Å². The highest BCUT2D eigenvalue weighted by atomic mass is 16.7. The first-order valence-corrected chi connectivity index (χ1v) is 14.7. The molecule has 4 aliphatic carbocycles. The van der Waals surface area contributed by atoms with Gasteiger partial charge >= 0.3 is 12.3 Å². The summed E-state index contributed by atoms with van der Waals surface area (Å²) in [5, 5.41) is 11.7. The maximum atomic E-state index is 13.9. The Kier molecular flexibility index (Phi) is 8.83. The molecule has 9 nitrogen and oxygen atoms in total. The number of unbranched alkanes of at least 4 members (excludes halogenated alkanes) is 1. The first-order chi connectivity index (χ1) is 18.9. The maximum absolute atomic E-state index is 13.9. The second-order valence-electron chi connectivity index (χ2n) is 12.8. The summed E-state index contributed by atoms with van der Waals surface area (Å²) in [4.78, 5) is 51.1. The number of ether oxygens (including phenoxy) is 4. The Morgan fingerprint density at radius 3 is 2.55 bits per heavy atom. The van der Waals surface area contributed by atoms with Crippen molar-refractivity contribution in [1.82, 2.24) is 0 Å². The summed E-state index contributed by atoms with van der Waals surface area (Å²) in [6.45, 7) is 9.47. The molecule has 0 heterocycles. The van der Waals surface area contributed by atoms with Crippen LogP contribution in [0, 0.1) is 34.5 Å². The van der Waals surface area contributed by atoms with E-state index in [0.717, 1.165) is 24.8 Å². The van der Waals surface area contributed by atoms with Crippen molar-refractivity contribution in [2.24, 2.45) is 34.5 Å². The zero-order valence-corrected chi connectivity index (χ0v) is 24.4. The van der Waals surface area contributed by atoms with Crippen LogP contribution in [-0.4, -0.2) is 60.5 Å². The van der Waals surface area contributed by atoms with Crippen LogP contribution < -0.4 is 0 Å². The van der Waals surface area contributed by atoms with E-state index in [0.29, 0.717) is 12.8 Å². The monoisotopic (exact) mass is 560 g/mol. The molecule has 0 aromatic rings. The van der Waals surface area contributed by atoms with Gasteiger partial charge in [-0.1, -0.05) is 52.7 Å². The molecule has 222 valence electrons. The van der Waals surface area contributed by atoms with Gasteiger partial charge in [-0.2, -0.15) is 0 Å². The smallest absolute Gasteiger partial charge is 0.434 e. The van der Waals surface area contributed by atoms with Gasteiger partial charge in [0.25, 0.3) is 0 Å². The molecule has 1 unspecified atom stereocenters. The highest BCUT2D eigenvalue weighted by Gasteiger charge is 2.70. The zero-order valence-electron chi connectivity index (χ0n) is 24.4. The molecule has 0 aromatic heterocycles. The van der Waals surface area contributed by atoms with Crippen LogP contribution in [0.5, 0.6) is 0 Å². The lowest BCUT2D eigenvalue weighted by atomic mass is 9.46. The Morgan fingerprint density at radius 2 is 1.85 bits per heavy atom. The molecular formula is C31H44O9. The molecule has 7 atom stereocenters. The van der Waals surface area contributed by atoms with Gasteiger partial charge in [0.2, 0.25) is 5.78 Å². The molecule has 0 spiro atoms. The minimum absolute atomic E-state index is 0.0342. The number of hydrogen-bond acceptors (Lipinski definition) is 9. The van der Waals surface area contributed by atoms with Crippen LogP contribution in [0.15, 0.2) is 23.8 Å². The second-order valence-corrected chi connectivity index (χ2v) is 12.8. The van der Waals surface area contributed by atoms with Gasteiger partial charge < -0.3 is 24.1 Å². The molecule has 3 fully saturated rings. The molecular weight excluding hydrogens is 516 g/mol. The predicted octanol–water partition coefficient (Wildman–Crippen LogP) is 5.34. The topological polar surface area (TPSA) is 125 Å². The molecule has 0 saturated heterocycles. The van der Waals surface area contributed by atoms with Gasteiger partial charge in [0, 0.05) is 16.7 Å². The fraction of sp³-hybridized carbons (Fsp3) is 0.742. The zero-order chi connectivity index (χ0) is 29.3. The van der Waals surface area contributed by atoms with Crippen LogP contribution in [0.25, 0.3) is 0 Å². The largest absolute Gasteiger partial charge is 0.509 e. The fourth-order valence-corrected chi connectivity index (χ4v) is 7.99. The van der Waals surface area contributed by atoms with Crippen molar-refractivity contribution in [3.63, 3.8) is 0 Å². The highest BCUT2D eigenvalue weighted by molar-refractivity contribution is 6.01. The summed E-state index contributed by atoms with van der Waals surface area (Å²) in [5.74, 6) is -0.637. The molecule has 0 aliphatic heterocycles. The lowest BCUT2D eigenvalue weighted by molar-refractivity contribution is -0.184.